The van der Waals surface area contributed by atoms with E-state index in [0.717, 1.165) is 24.9 Å². The number of hydrogen-bond acceptors (Lipinski definition) is 4. The Morgan fingerprint density at radius 1 is 1.22 bits per heavy atom. The molecule has 0 unspecified atom stereocenters. The van der Waals surface area contributed by atoms with Crippen molar-refractivity contribution in [2.75, 3.05) is 18.0 Å². The number of anilines is 1. The van der Waals surface area contributed by atoms with E-state index in [4.69, 9.17) is 0 Å². The minimum Gasteiger partial charge on any atom is -0.349 e. The van der Waals surface area contributed by atoms with Gasteiger partial charge >= 0.3 is 0 Å². The first-order valence-electron chi connectivity index (χ1n) is 8.11. The molecule has 0 bridgehead atoms. The minimum absolute atomic E-state index is 0.0151. The van der Waals surface area contributed by atoms with E-state index in [0.29, 0.717) is 12.5 Å². The number of carbonyl (C=O) groups is 1. The number of piperidine rings is 1. The number of aromatic nitrogens is 2. The van der Waals surface area contributed by atoms with E-state index >= 15 is 0 Å². The molecule has 3 rings (SSSR count). The first kappa shape index (κ1) is 15.5. The summed E-state index contributed by atoms with van der Waals surface area (Å²) in [4.78, 5) is 23.3. The van der Waals surface area contributed by atoms with Gasteiger partial charge in [0.25, 0.3) is 0 Å². The molecule has 0 radical (unpaired) electrons. The summed E-state index contributed by atoms with van der Waals surface area (Å²) < 4.78 is 0. The second-order valence-corrected chi connectivity index (χ2v) is 5.97. The molecule has 5 nitrogen and oxygen atoms in total. The van der Waals surface area contributed by atoms with Crippen LogP contribution < -0.4 is 10.2 Å². The van der Waals surface area contributed by atoms with Gasteiger partial charge in [-0.25, -0.2) is 9.97 Å². The van der Waals surface area contributed by atoms with E-state index in [1.165, 1.54) is 0 Å². The average Bonchev–Trinajstić information content (AvgIpc) is 2.63. The molecule has 1 aromatic carbocycles. The van der Waals surface area contributed by atoms with Crippen molar-refractivity contribution >= 4 is 11.9 Å². The minimum atomic E-state index is -0.0151. The van der Waals surface area contributed by atoms with Crippen LogP contribution in [0.2, 0.25) is 0 Å². The predicted octanol–water partition coefficient (Wildman–Crippen LogP) is 2.57. The zero-order chi connectivity index (χ0) is 16.1. The molecular formula is C18H22N4O. The normalized spacial score (nSPS) is 19.2. The van der Waals surface area contributed by atoms with Crippen molar-refractivity contribution in [2.45, 2.75) is 25.8 Å². The molecule has 1 saturated heterocycles. The number of benzene rings is 1. The summed E-state index contributed by atoms with van der Waals surface area (Å²) in [5.74, 6) is 0.807. The topological polar surface area (TPSA) is 58.1 Å². The molecule has 1 aliphatic heterocycles. The van der Waals surface area contributed by atoms with Crippen LogP contribution in [0.25, 0.3) is 0 Å². The second kappa shape index (κ2) is 7.22. The predicted molar refractivity (Wildman–Crippen MR) is 90.0 cm³/mol. The molecule has 2 aromatic rings. The van der Waals surface area contributed by atoms with Crippen molar-refractivity contribution in [1.82, 2.24) is 15.3 Å². The molecular weight excluding hydrogens is 288 g/mol. The van der Waals surface area contributed by atoms with Gasteiger partial charge in [-0.1, -0.05) is 30.3 Å². The van der Waals surface area contributed by atoms with E-state index in [1.807, 2.05) is 37.3 Å². The third-order valence-corrected chi connectivity index (χ3v) is 4.29. The number of carbonyl (C=O) groups excluding carboxylic acids is 1. The van der Waals surface area contributed by atoms with E-state index in [2.05, 4.69) is 20.2 Å². The van der Waals surface area contributed by atoms with E-state index in [9.17, 15) is 4.79 Å². The molecule has 0 saturated carbocycles. The SMILES string of the molecule is C[C@H](NC(=O)[C@H]1CCCN(c2ncccn2)C1)c1ccccc1. The molecule has 2 atom stereocenters. The lowest BCUT2D eigenvalue weighted by Gasteiger charge is -2.32. The summed E-state index contributed by atoms with van der Waals surface area (Å²) in [7, 11) is 0. The average molecular weight is 310 g/mol. The largest absolute Gasteiger partial charge is 0.349 e. The van der Waals surface area contributed by atoms with Crippen LogP contribution in [-0.4, -0.2) is 29.0 Å². The quantitative estimate of drug-likeness (QED) is 0.943. The molecule has 1 aromatic heterocycles. The highest BCUT2D eigenvalue weighted by Gasteiger charge is 2.27. The second-order valence-electron chi connectivity index (χ2n) is 5.97. The molecule has 5 heteroatoms. The van der Waals surface area contributed by atoms with Crippen molar-refractivity contribution in [3.05, 3.63) is 54.4 Å². The zero-order valence-electron chi connectivity index (χ0n) is 13.4. The highest BCUT2D eigenvalue weighted by Crippen LogP contribution is 2.21. The van der Waals surface area contributed by atoms with Crippen LogP contribution >= 0.6 is 0 Å². The summed E-state index contributed by atoms with van der Waals surface area (Å²) in [6, 6.07) is 11.9. The van der Waals surface area contributed by atoms with Crippen LogP contribution in [0.3, 0.4) is 0 Å². The molecule has 1 aliphatic rings. The fourth-order valence-corrected chi connectivity index (χ4v) is 2.98. The third-order valence-electron chi connectivity index (χ3n) is 4.29. The van der Waals surface area contributed by atoms with Crippen molar-refractivity contribution in [2.24, 2.45) is 5.92 Å². The lowest BCUT2D eigenvalue weighted by Crippen LogP contribution is -2.44. The Kier molecular flexibility index (Phi) is 4.86. The Morgan fingerprint density at radius 2 is 1.96 bits per heavy atom. The Balaban J connectivity index is 1.61. The molecule has 1 N–H and O–H groups in total. The van der Waals surface area contributed by atoms with Gasteiger partial charge in [0.15, 0.2) is 0 Å². The van der Waals surface area contributed by atoms with Gasteiger partial charge in [0.2, 0.25) is 11.9 Å². The van der Waals surface area contributed by atoms with Gasteiger partial charge in [0.1, 0.15) is 0 Å². The van der Waals surface area contributed by atoms with Crippen molar-refractivity contribution in [1.29, 1.82) is 0 Å². The summed E-state index contributed by atoms with van der Waals surface area (Å²) in [5, 5.41) is 3.13. The van der Waals surface area contributed by atoms with Gasteiger partial charge in [-0.05, 0) is 31.4 Å². The van der Waals surface area contributed by atoms with Gasteiger partial charge in [-0.15, -0.1) is 0 Å². The standard InChI is InChI=1S/C18H22N4O/c1-14(15-7-3-2-4-8-15)21-17(23)16-9-5-12-22(13-16)18-19-10-6-11-20-18/h2-4,6-8,10-11,14,16H,5,9,12-13H2,1H3,(H,21,23)/t14-,16-/m0/s1. The van der Waals surface area contributed by atoms with Crippen LogP contribution in [0.15, 0.2) is 48.8 Å². The Labute approximate surface area is 136 Å². The summed E-state index contributed by atoms with van der Waals surface area (Å²) >= 11 is 0. The maximum absolute atomic E-state index is 12.6. The van der Waals surface area contributed by atoms with Crippen LogP contribution in [-0.2, 0) is 4.79 Å². The lowest BCUT2D eigenvalue weighted by atomic mass is 9.96. The zero-order valence-corrected chi connectivity index (χ0v) is 13.4. The first-order valence-corrected chi connectivity index (χ1v) is 8.11. The molecule has 0 aliphatic carbocycles. The van der Waals surface area contributed by atoms with E-state index in [1.54, 1.807) is 18.5 Å². The van der Waals surface area contributed by atoms with Gasteiger partial charge in [-0.3, -0.25) is 4.79 Å². The Bertz CT molecular complexity index is 632. The molecule has 23 heavy (non-hydrogen) atoms. The highest BCUT2D eigenvalue weighted by molar-refractivity contribution is 5.80. The number of nitrogens with one attached hydrogen (secondary N) is 1. The van der Waals surface area contributed by atoms with E-state index < -0.39 is 0 Å². The number of amides is 1. The summed E-state index contributed by atoms with van der Waals surface area (Å²) in [6.07, 6.45) is 5.37. The van der Waals surface area contributed by atoms with Crippen molar-refractivity contribution in [3.8, 4) is 0 Å². The number of rotatable bonds is 4. The molecule has 120 valence electrons. The highest BCUT2D eigenvalue weighted by atomic mass is 16.2. The fourth-order valence-electron chi connectivity index (χ4n) is 2.98. The van der Waals surface area contributed by atoms with Crippen LogP contribution in [0.5, 0.6) is 0 Å². The molecule has 0 spiro atoms. The van der Waals surface area contributed by atoms with Crippen LogP contribution in [0.4, 0.5) is 5.95 Å². The Hall–Kier alpha value is -2.43. The van der Waals surface area contributed by atoms with Crippen molar-refractivity contribution in [3.63, 3.8) is 0 Å². The molecule has 1 amide bonds. The van der Waals surface area contributed by atoms with Gasteiger partial charge in [-0.2, -0.15) is 0 Å². The first-order chi connectivity index (χ1) is 11.2. The smallest absolute Gasteiger partial charge is 0.225 e. The van der Waals surface area contributed by atoms with Crippen LogP contribution in [0, 0.1) is 5.92 Å². The van der Waals surface area contributed by atoms with E-state index in [-0.39, 0.29) is 17.9 Å². The maximum Gasteiger partial charge on any atom is 0.225 e. The lowest BCUT2D eigenvalue weighted by molar-refractivity contribution is -0.125. The summed E-state index contributed by atoms with van der Waals surface area (Å²) in [6.45, 7) is 3.60. The van der Waals surface area contributed by atoms with Crippen molar-refractivity contribution < 1.29 is 4.79 Å². The Morgan fingerprint density at radius 3 is 2.70 bits per heavy atom. The monoisotopic (exact) mass is 310 g/mol. The molecule has 2 heterocycles. The fraction of sp³-hybridized carbons (Fsp3) is 0.389. The van der Waals surface area contributed by atoms with Gasteiger partial charge < -0.3 is 10.2 Å². The summed E-state index contributed by atoms with van der Waals surface area (Å²) in [5.41, 5.74) is 1.12. The molecule has 1 fully saturated rings. The third kappa shape index (κ3) is 3.86. The number of nitrogens with zero attached hydrogens (tertiary/aromatic N) is 3. The van der Waals surface area contributed by atoms with Gasteiger partial charge in [0.05, 0.1) is 12.0 Å². The maximum atomic E-state index is 12.6. The number of hydrogen-bond donors (Lipinski definition) is 1. The van der Waals surface area contributed by atoms with Gasteiger partial charge in [0, 0.05) is 25.5 Å². The van der Waals surface area contributed by atoms with Crippen LogP contribution in [0.1, 0.15) is 31.4 Å².